The fraction of sp³-hybridized carbons (Fsp3) is 0.0189. The molecule has 262 valence electrons. The van der Waals surface area contributed by atoms with Gasteiger partial charge in [0.15, 0.2) is 5.82 Å². The standard InChI is InChI=1S/C53H35N3/c1-5-18-36(19-6-1)48-35-49(37-20-7-2-8-21-37)55-52(54-48)38-22-17-27-41(32-38)56-50-31-16-14-29-43(50)45-33-47-44(34-51(45)56)42-28-13-15-30-46(42)53(47,39-23-9-3-10-24-39)40-25-11-4-12-26-40/h1-35H. The molecule has 0 saturated carbocycles. The second kappa shape index (κ2) is 12.9. The van der Waals surface area contributed by atoms with E-state index in [-0.39, 0.29) is 0 Å². The van der Waals surface area contributed by atoms with Gasteiger partial charge < -0.3 is 4.57 Å². The highest BCUT2D eigenvalue weighted by Crippen LogP contribution is 2.57. The summed E-state index contributed by atoms with van der Waals surface area (Å²) in [7, 11) is 0. The summed E-state index contributed by atoms with van der Waals surface area (Å²) in [6.07, 6.45) is 0. The Morgan fingerprint density at radius 1 is 0.357 bits per heavy atom. The SMILES string of the molecule is c1ccc(-c2cc(-c3ccccc3)nc(-c3cccc(-n4c5ccccc5c5cc6c(cc54)-c4ccccc4C6(c4ccccc4)c4ccccc4)c3)n2)cc1. The van der Waals surface area contributed by atoms with Crippen molar-refractivity contribution in [3.8, 4) is 50.7 Å². The molecule has 11 rings (SSSR count). The van der Waals surface area contributed by atoms with Crippen molar-refractivity contribution < 1.29 is 0 Å². The lowest BCUT2D eigenvalue weighted by molar-refractivity contribution is 0.769. The van der Waals surface area contributed by atoms with Crippen LogP contribution in [0.25, 0.3) is 72.5 Å². The summed E-state index contributed by atoms with van der Waals surface area (Å²) < 4.78 is 2.42. The first kappa shape index (κ1) is 32.1. The van der Waals surface area contributed by atoms with E-state index in [1.54, 1.807) is 0 Å². The quantitative estimate of drug-likeness (QED) is 0.172. The minimum absolute atomic E-state index is 0.469. The minimum Gasteiger partial charge on any atom is -0.309 e. The highest BCUT2D eigenvalue weighted by Gasteiger charge is 2.46. The predicted molar refractivity (Wildman–Crippen MR) is 230 cm³/mol. The van der Waals surface area contributed by atoms with E-state index in [0.29, 0.717) is 5.82 Å². The molecule has 1 aliphatic rings. The van der Waals surface area contributed by atoms with Gasteiger partial charge in [-0.2, -0.15) is 0 Å². The molecule has 0 bridgehead atoms. The molecular formula is C53H35N3. The Balaban J connectivity index is 1.16. The van der Waals surface area contributed by atoms with Crippen molar-refractivity contribution in [2.24, 2.45) is 0 Å². The second-order valence-corrected chi connectivity index (χ2v) is 14.5. The normalized spacial score (nSPS) is 12.8. The van der Waals surface area contributed by atoms with Crippen LogP contribution in [0.15, 0.2) is 212 Å². The van der Waals surface area contributed by atoms with Crippen LogP contribution < -0.4 is 0 Å². The van der Waals surface area contributed by atoms with Gasteiger partial charge in [-0.3, -0.25) is 0 Å². The van der Waals surface area contributed by atoms with E-state index in [1.165, 1.54) is 44.2 Å². The average Bonchev–Trinajstić information content (AvgIpc) is 3.76. The number of nitrogens with zero attached hydrogens (tertiary/aromatic N) is 3. The molecule has 2 heterocycles. The Hall–Kier alpha value is -7.36. The number of rotatable bonds is 6. The summed E-state index contributed by atoms with van der Waals surface area (Å²) in [6, 6.07) is 76.2. The van der Waals surface area contributed by atoms with Crippen LogP contribution in [0.4, 0.5) is 0 Å². The van der Waals surface area contributed by atoms with Crippen molar-refractivity contribution in [3.05, 3.63) is 235 Å². The van der Waals surface area contributed by atoms with Crippen molar-refractivity contribution in [2.45, 2.75) is 5.41 Å². The molecule has 56 heavy (non-hydrogen) atoms. The Labute approximate surface area is 325 Å². The van der Waals surface area contributed by atoms with Gasteiger partial charge in [0.25, 0.3) is 0 Å². The zero-order valence-electron chi connectivity index (χ0n) is 30.5. The molecule has 0 fully saturated rings. The molecule has 0 saturated heterocycles. The fourth-order valence-electron chi connectivity index (χ4n) is 9.06. The zero-order chi connectivity index (χ0) is 37.1. The number of hydrogen-bond donors (Lipinski definition) is 0. The summed E-state index contributed by atoms with van der Waals surface area (Å²) in [5.74, 6) is 0.693. The van der Waals surface area contributed by atoms with Crippen LogP contribution in [0, 0.1) is 0 Å². The highest BCUT2D eigenvalue weighted by atomic mass is 15.0. The highest BCUT2D eigenvalue weighted by molar-refractivity contribution is 6.12. The first-order chi connectivity index (χ1) is 27.8. The molecule has 3 heteroatoms. The molecule has 0 aliphatic heterocycles. The van der Waals surface area contributed by atoms with Gasteiger partial charge in [-0.15, -0.1) is 0 Å². The summed E-state index contributed by atoms with van der Waals surface area (Å²) in [5, 5.41) is 2.44. The lowest BCUT2D eigenvalue weighted by atomic mass is 9.67. The van der Waals surface area contributed by atoms with Crippen LogP contribution in [0.1, 0.15) is 22.3 Å². The van der Waals surface area contributed by atoms with E-state index >= 15 is 0 Å². The molecule has 3 nitrogen and oxygen atoms in total. The summed E-state index contributed by atoms with van der Waals surface area (Å²) in [6.45, 7) is 0. The van der Waals surface area contributed by atoms with Crippen molar-refractivity contribution in [3.63, 3.8) is 0 Å². The van der Waals surface area contributed by atoms with Gasteiger partial charge in [-0.1, -0.05) is 176 Å². The van der Waals surface area contributed by atoms with Crippen LogP contribution in [0.5, 0.6) is 0 Å². The average molecular weight is 714 g/mol. The smallest absolute Gasteiger partial charge is 0.160 e. The van der Waals surface area contributed by atoms with Crippen LogP contribution in [0.3, 0.4) is 0 Å². The van der Waals surface area contributed by atoms with Crippen LogP contribution in [0.2, 0.25) is 0 Å². The van der Waals surface area contributed by atoms with Gasteiger partial charge in [-0.05, 0) is 69.8 Å². The maximum atomic E-state index is 5.17. The van der Waals surface area contributed by atoms with Gasteiger partial charge in [0.2, 0.25) is 0 Å². The summed E-state index contributed by atoms with van der Waals surface area (Å²) >= 11 is 0. The maximum Gasteiger partial charge on any atom is 0.160 e. The van der Waals surface area contributed by atoms with Crippen LogP contribution in [-0.2, 0) is 5.41 Å². The number of fused-ring (bicyclic) bond motifs is 6. The predicted octanol–water partition coefficient (Wildman–Crippen LogP) is 12.9. The van der Waals surface area contributed by atoms with Crippen molar-refractivity contribution >= 4 is 21.8 Å². The van der Waals surface area contributed by atoms with E-state index in [9.17, 15) is 0 Å². The third-order valence-corrected chi connectivity index (χ3v) is 11.5. The fourth-order valence-corrected chi connectivity index (χ4v) is 9.06. The second-order valence-electron chi connectivity index (χ2n) is 14.5. The third kappa shape index (κ3) is 4.91. The molecule has 8 aromatic carbocycles. The number of hydrogen-bond acceptors (Lipinski definition) is 2. The van der Waals surface area contributed by atoms with E-state index in [0.717, 1.165) is 44.8 Å². The maximum absolute atomic E-state index is 5.17. The molecule has 0 atom stereocenters. The molecule has 2 aromatic heterocycles. The van der Waals surface area contributed by atoms with E-state index in [2.05, 4.69) is 205 Å². The van der Waals surface area contributed by atoms with Crippen molar-refractivity contribution in [1.29, 1.82) is 0 Å². The van der Waals surface area contributed by atoms with Gasteiger partial charge >= 0.3 is 0 Å². The first-order valence-electron chi connectivity index (χ1n) is 19.2. The van der Waals surface area contributed by atoms with E-state index in [1.807, 2.05) is 12.1 Å². The largest absolute Gasteiger partial charge is 0.309 e. The monoisotopic (exact) mass is 713 g/mol. The third-order valence-electron chi connectivity index (χ3n) is 11.5. The molecule has 0 N–H and O–H groups in total. The lowest BCUT2D eigenvalue weighted by Gasteiger charge is -2.33. The van der Waals surface area contributed by atoms with Crippen molar-refractivity contribution in [2.75, 3.05) is 0 Å². The number of benzene rings is 8. The minimum atomic E-state index is -0.469. The Kier molecular flexibility index (Phi) is 7.39. The zero-order valence-corrected chi connectivity index (χ0v) is 30.5. The van der Waals surface area contributed by atoms with E-state index in [4.69, 9.17) is 9.97 Å². The molecule has 0 amide bonds. The van der Waals surface area contributed by atoms with Crippen LogP contribution in [-0.4, -0.2) is 14.5 Å². The molecule has 0 spiro atoms. The number of aromatic nitrogens is 3. The topological polar surface area (TPSA) is 30.7 Å². The first-order valence-corrected chi connectivity index (χ1v) is 19.2. The molecule has 1 aliphatic carbocycles. The molecule has 0 unspecified atom stereocenters. The Morgan fingerprint density at radius 2 is 0.911 bits per heavy atom. The van der Waals surface area contributed by atoms with E-state index < -0.39 is 5.41 Å². The lowest BCUT2D eigenvalue weighted by Crippen LogP contribution is -2.28. The van der Waals surface area contributed by atoms with Gasteiger partial charge in [0.1, 0.15) is 0 Å². The molecule has 0 radical (unpaired) electrons. The summed E-state index contributed by atoms with van der Waals surface area (Å²) in [5.41, 5.74) is 15.4. The van der Waals surface area contributed by atoms with Gasteiger partial charge in [0.05, 0.1) is 27.8 Å². The van der Waals surface area contributed by atoms with Crippen LogP contribution >= 0.6 is 0 Å². The Bertz CT molecular complexity index is 2960. The Morgan fingerprint density at radius 3 is 1.57 bits per heavy atom. The number of para-hydroxylation sites is 1. The van der Waals surface area contributed by atoms with Gasteiger partial charge in [-0.25, -0.2) is 9.97 Å². The molecule has 10 aromatic rings. The van der Waals surface area contributed by atoms with Gasteiger partial charge in [0, 0.05) is 33.2 Å². The van der Waals surface area contributed by atoms with Crippen molar-refractivity contribution in [1.82, 2.24) is 14.5 Å². The summed E-state index contributed by atoms with van der Waals surface area (Å²) in [4.78, 5) is 10.3. The molecular weight excluding hydrogens is 679 g/mol.